The van der Waals surface area contributed by atoms with Crippen molar-refractivity contribution in [3.63, 3.8) is 0 Å². The average molecular weight is 340 g/mol. The van der Waals surface area contributed by atoms with E-state index in [-0.39, 0.29) is 24.9 Å². The highest BCUT2D eigenvalue weighted by atomic mass is 16.5. The van der Waals surface area contributed by atoms with E-state index in [4.69, 9.17) is 4.52 Å². The summed E-state index contributed by atoms with van der Waals surface area (Å²) in [6.45, 7) is 0.253. The van der Waals surface area contributed by atoms with Gasteiger partial charge in [0, 0.05) is 19.4 Å². The third kappa shape index (κ3) is 3.26. The lowest BCUT2D eigenvalue weighted by atomic mass is 10.0. The fourth-order valence-electron chi connectivity index (χ4n) is 3.15. The summed E-state index contributed by atoms with van der Waals surface area (Å²) < 4.78 is 5.30. The zero-order chi connectivity index (χ0) is 17.4. The van der Waals surface area contributed by atoms with Crippen molar-refractivity contribution in [1.29, 1.82) is 0 Å². The smallest absolute Gasteiger partial charge is 0.246 e. The summed E-state index contributed by atoms with van der Waals surface area (Å²) in [5.74, 6) is 1.33. The van der Waals surface area contributed by atoms with Crippen LogP contribution in [0.5, 0.6) is 0 Å². The van der Waals surface area contributed by atoms with Crippen molar-refractivity contribution >= 4 is 11.8 Å². The molecule has 4 rings (SSSR count). The molecular weight excluding hydrogens is 320 g/mol. The van der Waals surface area contributed by atoms with Crippen molar-refractivity contribution in [2.75, 3.05) is 13.6 Å². The Morgan fingerprint density at radius 1 is 1.20 bits per heavy atom. The standard InChI is InChI=1S/C18H20N4O3/c1-21-11-16(23)22(10-15-19-17(20-25-15)13-7-8-13)14(18(21)24)9-12-5-3-2-4-6-12/h2-6,13-14H,7-11H2,1H3/t14-/m0/s1. The fraction of sp³-hybridized carbons (Fsp3) is 0.444. The van der Waals surface area contributed by atoms with E-state index in [2.05, 4.69) is 10.1 Å². The first kappa shape index (κ1) is 15.8. The van der Waals surface area contributed by atoms with Gasteiger partial charge in [-0.25, -0.2) is 0 Å². The predicted octanol–water partition coefficient (Wildman–Crippen LogP) is 1.36. The lowest BCUT2D eigenvalue weighted by Crippen LogP contribution is -2.59. The number of hydrogen-bond donors (Lipinski definition) is 0. The molecule has 0 N–H and O–H groups in total. The average Bonchev–Trinajstić information content (AvgIpc) is 3.36. The summed E-state index contributed by atoms with van der Waals surface area (Å²) in [6.07, 6.45) is 2.64. The number of benzene rings is 1. The molecule has 7 heteroatoms. The van der Waals surface area contributed by atoms with E-state index in [1.54, 1.807) is 11.9 Å². The van der Waals surface area contributed by atoms with Crippen LogP contribution in [0.2, 0.25) is 0 Å². The lowest BCUT2D eigenvalue weighted by molar-refractivity contribution is -0.155. The topological polar surface area (TPSA) is 79.5 Å². The van der Waals surface area contributed by atoms with Gasteiger partial charge in [-0.15, -0.1) is 0 Å². The Morgan fingerprint density at radius 3 is 2.68 bits per heavy atom. The number of nitrogens with zero attached hydrogens (tertiary/aromatic N) is 4. The molecule has 1 aromatic carbocycles. The van der Waals surface area contributed by atoms with E-state index in [0.717, 1.165) is 18.4 Å². The molecule has 2 fully saturated rings. The van der Waals surface area contributed by atoms with Crippen molar-refractivity contribution in [2.24, 2.45) is 0 Å². The molecule has 0 radical (unpaired) electrons. The Morgan fingerprint density at radius 2 is 1.96 bits per heavy atom. The van der Waals surface area contributed by atoms with Crippen LogP contribution < -0.4 is 0 Å². The highest BCUT2D eigenvalue weighted by Crippen LogP contribution is 2.38. The Hall–Kier alpha value is -2.70. The van der Waals surface area contributed by atoms with Crippen LogP contribution in [0.15, 0.2) is 34.9 Å². The van der Waals surface area contributed by atoms with Gasteiger partial charge in [0.2, 0.25) is 17.7 Å². The van der Waals surface area contributed by atoms with Crippen molar-refractivity contribution < 1.29 is 14.1 Å². The molecule has 0 bridgehead atoms. The number of amides is 2. The molecular formula is C18H20N4O3. The number of rotatable bonds is 5. The number of carbonyl (C=O) groups is 2. The maximum absolute atomic E-state index is 12.7. The minimum absolute atomic E-state index is 0.0645. The maximum atomic E-state index is 12.7. The van der Waals surface area contributed by atoms with E-state index < -0.39 is 6.04 Å². The van der Waals surface area contributed by atoms with Gasteiger partial charge in [-0.3, -0.25) is 9.59 Å². The third-order valence-corrected chi connectivity index (χ3v) is 4.73. The van der Waals surface area contributed by atoms with Crippen LogP contribution in [-0.4, -0.2) is 51.4 Å². The normalized spacial score (nSPS) is 21.1. The second-order valence-corrected chi connectivity index (χ2v) is 6.74. The molecule has 1 saturated carbocycles. The van der Waals surface area contributed by atoms with Gasteiger partial charge in [-0.05, 0) is 18.4 Å². The van der Waals surface area contributed by atoms with Crippen molar-refractivity contribution in [2.45, 2.75) is 37.8 Å². The van der Waals surface area contributed by atoms with Gasteiger partial charge >= 0.3 is 0 Å². The molecule has 0 spiro atoms. The van der Waals surface area contributed by atoms with Gasteiger partial charge in [0.1, 0.15) is 12.6 Å². The van der Waals surface area contributed by atoms with E-state index in [9.17, 15) is 9.59 Å². The van der Waals surface area contributed by atoms with E-state index in [0.29, 0.717) is 24.1 Å². The summed E-state index contributed by atoms with van der Waals surface area (Å²) in [6, 6.07) is 9.16. The minimum Gasteiger partial charge on any atom is -0.337 e. The van der Waals surface area contributed by atoms with E-state index in [1.165, 1.54) is 4.90 Å². The molecule has 7 nitrogen and oxygen atoms in total. The molecule has 1 saturated heterocycles. The fourth-order valence-corrected chi connectivity index (χ4v) is 3.15. The summed E-state index contributed by atoms with van der Waals surface area (Å²) in [5, 5.41) is 3.99. The lowest BCUT2D eigenvalue weighted by Gasteiger charge is -2.38. The number of likely N-dealkylation sites (N-methyl/N-ethyl adjacent to an activating group) is 1. The molecule has 2 aromatic rings. The van der Waals surface area contributed by atoms with Gasteiger partial charge in [-0.1, -0.05) is 35.5 Å². The molecule has 1 aliphatic heterocycles. The second kappa shape index (κ2) is 6.31. The number of aromatic nitrogens is 2. The van der Waals surface area contributed by atoms with Crippen LogP contribution in [0.25, 0.3) is 0 Å². The molecule has 2 aliphatic rings. The molecule has 2 heterocycles. The van der Waals surface area contributed by atoms with Crippen molar-refractivity contribution in [3.05, 3.63) is 47.6 Å². The first-order chi connectivity index (χ1) is 12.1. The molecule has 1 aliphatic carbocycles. The van der Waals surface area contributed by atoms with Crippen molar-refractivity contribution in [1.82, 2.24) is 19.9 Å². The number of piperazine rings is 1. The zero-order valence-electron chi connectivity index (χ0n) is 14.1. The Balaban J connectivity index is 1.56. The molecule has 130 valence electrons. The quantitative estimate of drug-likeness (QED) is 0.821. The summed E-state index contributed by atoms with van der Waals surface area (Å²) >= 11 is 0. The van der Waals surface area contributed by atoms with Gasteiger partial charge in [-0.2, -0.15) is 4.98 Å². The first-order valence-corrected chi connectivity index (χ1v) is 8.52. The zero-order valence-corrected chi connectivity index (χ0v) is 14.1. The molecule has 1 aromatic heterocycles. The maximum Gasteiger partial charge on any atom is 0.246 e. The number of carbonyl (C=O) groups excluding carboxylic acids is 2. The third-order valence-electron chi connectivity index (χ3n) is 4.73. The summed E-state index contributed by atoms with van der Waals surface area (Å²) in [4.78, 5) is 32.7. The van der Waals surface area contributed by atoms with Crippen LogP contribution in [0, 0.1) is 0 Å². The molecule has 0 unspecified atom stereocenters. The first-order valence-electron chi connectivity index (χ1n) is 8.52. The van der Waals surface area contributed by atoms with Crippen LogP contribution in [0.1, 0.15) is 36.0 Å². The Bertz CT molecular complexity index is 785. The SMILES string of the molecule is CN1CC(=O)N(Cc2nc(C3CC3)no2)[C@@H](Cc2ccccc2)C1=O. The van der Waals surface area contributed by atoms with Gasteiger partial charge in [0.05, 0.1) is 6.54 Å². The minimum atomic E-state index is -0.551. The molecule has 25 heavy (non-hydrogen) atoms. The van der Waals surface area contributed by atoms with Crippen molar-refractivity contribution in [3.8, 4) is 0 Å². The predicted molar refractivity (Wildman–Crippen MR) is 88.4 cm³/mol. The van der Waals surface area contributed by atoms with Crippen LogP contribution in [-0.2, 0) is 22.6 Å². The van der Waals surface area contributed by atoms with E-state index in [1.807, 2.05) is 30.3 Å². The van der Waals surface area contributed by atoms with E-state index >= 15 is 0 Å². The highest BCUT2D eigenvalue weighted by Gasteiger charge is 2.39. The Kier molecular flexibility index (Phi) is 3.99. The van der Waals surface area contributed by atoms with Gasteiger partial charge in [0.25, 0.3) is 0 Å². The second-order valence-electron chi connectivity index (χ2n) is 6.74. The number of hydrogen-bond acceptors (Lipinski definition) is 5. The van der Waals surface area contributed by atoms with Crippen LogP contribution in [0.4, 0.5) is 0 Å². The van der Waals surface area contributed by atoms with Gasteiger partial charge in [0.15, 0.2) is 5.82 Å². The molecule has 1 atom stereocenters. The Labute approximate surface area is 145 Å². The summed E-state index contributed by atoms with van der Waals surface area (Å²) in [5.41, 5.74) is 1.01. The van der Waals surface area contributed by atoms with Crippen LogP contribution >= 0.6 is 0 Å². The van der Waals surface area contributed by atoms with Crippen LogP contribution in [0.3, 0.4) is 0 Å². The largest absolute Gasteiger partial charge is 0.337 e. The highest BCUT2D eigenvalue weighted by molar-refractivity contribution is 5.94. The molecule has 2 amide bonds. The summed E-state index contributed by atoms with van der Waals surface area (Å²) in [7, 11) is 1.66. The monoisotopic (exact) mass is 340 g/mol. The van der Waals surface area contributed by atoms with Gasteiger partial charge < -0.3 is 14.3 Å².